The Balaban J connectivity index is 2.16. The summed E-state index contributed by atoms with van der Waals surface area (Å²) in [6.45, 7) is 4.17. The first-order valence-corrected chi connectivity index (χ1v) is 5.29. The number of thiocarbonyl (C=S) groups is 1. The van der Waals surface area contributed by atoms with Crippen molar-refractivity contribution < 1.29 is 0 Å². The molecule has 1 aromatic rings. The van der Waals surface area contributed by atoms with E-state index in [1.165, 1.54) is 0 Å². The Morgan fingerprint density at radius 1 is 1.43 bits per heavy atom. The summed E-state index contributed by atoms with van der Waals surface area (Å²) in [6, 6.07) is 10.2. The second-order valence-electron chi connectivity index (χ2n) is 3.49. The van der Waals surface area contributed by atoms with Crippen LogP contribution in [-0.2, 0) is 0 Å². The summed E-state index contributed by atoms with van der Waals surface area (Å²) in [5, 5.41) is 3.36. The number of hydrogen-bond donors (Lipinski definition) is 1. The van der Waals surface area contributed by atoms with E-state index in [0.717, 1.165) is 23.6 Å². The molecule has 0 aliphatic carbocycles. The van der Waals surface area contributed by atoms with Crippen molar-refractivity contribution in [2.45, 2.75) is 13.1 Å². The smallest absolute Gasteiger partial charge is 0.110 e. The minimum absolute atomic E-state index is 0.364. The third-order valence-electron chi connectivity index (χ3n) is 2.54. The Hall–Kier alpha value is -0.930. The molecule has 14 heavy (non-hydrogen) atoms. The summed E-state index contributed by atoms with van der Waals surface area (Å²) in [7, 11) is 0. The number of rotatable bonds is 1. The fourth-order valence-corrected chi connectivity index (χ4v) is 2.11. The minimum atomic E-state index is 0.364. The standard InChI is InChI=1S/C11H14N2S/c1-9-12-7-8-13(9)11(14)10-5-3-2-4-6-10/h2-6,9,12H,7-8H2,1H3. The Kier molecular flexibility index (Phi) is 2.79. The van der Waals surface area contributed by atoms with E-state index in [1.807, 2.05) is 18.2 Å². The van der Waals surface area contributed by atoms with Crippen LogP contribution in [0.25, 0.3) is 0 Å². The van der Waals surface area contributed by atoms with Crippen LogP contribution in [0, 0.1) is 0 Å². The molecule has 1 N–H and O–H groups in total. The summed E-state index contributed by atoms with van der Waals surface area (Å²) < 4.78 is 0. The fraction of sp³-hybridized carbons (Fsp3) is 0.364. The van der Waals surface area contributed by atoms with Crippen LogP contribution < -0.4 is 5.32 Å². The third-order valence-corrected chi connectivity index (χ3v) is 3.01. The molecule has 1 unspecified atom stereocenters. The largest absolute Gasteiger partial charge is 0.346 e. The highest BCUT2D eigenvalue weighted by Gasteiger charge is 2.22. The van der Waals surface area contributed by atoms with Crippen LogP contribution in [0.5, 0.6) is 0 Å². The van der Waals surface area contributed by atoms with Crippen molar-refractivity contribution in [2.24, 2.45) is 0 Å². The molecule has 2 rings (SSSR count). The summed E-state index contributed by atoms with van der Waals surface area (Å²) in [6.07, 6.45) is 0.364. The van der Waals surface area contributed by atoms with Gasteiger partial charge in [-0.15, -0.1) is 0 Å². The van der Waals surface area contributed by atoms with Gasteiger partial charge in [-0.05, 0) is 6.92 Å². The molecule has 1 aromatic carbocycles. The molecule has 0 amide bonds. The molecular formula is C11H14N2S. The lowest BCUT2D eigenvalue weighted by atomic mass is 10.2. The van der Waals surface area contributed by atoms with Crippen molar-refractivity contribution in [3.05, 3.63) is 35.9 Å². The molecule has 1 aliphatic heterocycles. The fourth-order valence-electron chi connectivity index (χ4n) is 1.72. The first-order valence-electron chi connectivity index (χ1n) is 4.88. The van der Waals surface area contributed by atoms with Crippen LogP contribution in [0.2, 0.25) is 0 Å². The lowest BCUT2D eigenvalue weighted by Gasteiger charge is -2.23. The molecule has 1 aliphatic rings. The van der Waals surface area contributed by atoms with Gasteiger partial charge < -0.3 is 4.90 Å². The Morgan fingerprint density at radius 3 is 2.71 bits per heavy atom. The maximum absolute atomic E-state index is 5.44. The number of nitrogens with one attached hydrogen (secondary N) is 1. The topological polar surface area (TPSA) is 15.3 Å². The maximum atomic E-state index is 5.44. The van der Waals surface area contributed by atoms with Gasteiger partial charge in [0, 0.05) is 18.7 Å². The van der Waals surface area contributed by atoms with Crippen LogP contribution in [-0.4, -0.2) is 29.1 Å². The lowest BCUT2D eigenvalue weighted by molar-refractivity contribution is 0.401. The maximum Gasteiger partial charge on any atom is 0.110 e. The van der Waals surface area contributed by atoms with Gasteiger partial charge in [-0.1, -0.05) is 42.5 Å². The average molecular weight is 206 g/mol. The van der Waals surface area contributed by atoms with E-state index in [2.05, 4.69) is 29.3 Å². The lowest BCUT2D eigenvalue weighted by Crippen LogP contribution is -2.36. The van der Waals surface area contributed by atoms with Gasteiger partial charge in [0.15, 0.2) is 0 Å². The van der Waals surface area contributed by atoms with Crippen LogP contribution in [0.4, 0.5) is 0 Å². The van der Waals surface area contributed by atoms with Crippen LogP contribution in [0.1, 0.15) is 12.5 Å². The first kappa shape index (κ1) is 9.62. The van der Waals surface area contributed by atoms with Gasteiger partial charge in [-0.3, -0.25) is 5.32 Å². The van der Waals surface area contributed by atoms with E-state index < -0.39 is 0 Å². The van der Waals surface area contributed by atoms with E-state index in [4.69, 9.17) is 12.2 Å². The summed E-state index contributed by atoms with van der Waals surface area (Å²) >= 11 is 5.44. The van der Waals surface area contributed by atoms with E-state index in [0.29, 0.717) is 6.17 Å². The van der Waals surface area contributed by atoms with Gasteiger partial charge in [0.05, 0.1) is 6.17 Å². The highest BCUT2D eigenvalue weighted by atomic mass is 32.1. The van der Waals surface area contributed by atoms with E-state index >= 15 is 0 Å². The highest BCUT2D eigenvalue weighted by molar-refractivity contribution is 7.80. The third kappa shape index (κ3) is 1.79. The zero-order valence-electron chi connectivity index (χ0n) is 8.23. The van der Waals surface area contributed by atoms with Gasteiger partial charge in [0.1, 0.15) is 4.99 Å². The SMILES string of the molecule is CC1NCCN1C(=S)c1ccccc1. The summed E-state index contributed by atoms with van der Waals surface area (Å²) in [4.78, 5) is 3.17. The molecule has 2 nitrogen and oxygen atoms in total. The molecule has 0 bridgehead atoms. The molecule has 0 spiro atoms. The van der Waals surface area contributed by atoms with Gasteiger partial charge >= 0.3 is 0 Å². The van der Waals surface area contributed by atoms with Crippen molar-refractivity contribution in [3.63, 3.8) is 0 Å². The average Bonchev–Trinajstić information content (AvgIpc) is 2.65. The van der Waals surface area contributed by atoms with Gasteiger partial charge in [0.25, 0.3) is 0 Å². The normalized spacial score (nSPS) is 21.2. The second kappa shape index (κ2) is 4.07. The van der Waals surface area contributed by atoms with Gasteiger partial charge in [-0.25, -0.2) is 0 Å². The van der Waals surface area contributed by atoms with Crippen molar-refractivity contribution in [1.82, 2.24) is 10.2 Å². The van der Waals surface area contributed by atoms with Crippen molar-refractivity contribution in [2.75, 3.05) is 13.1 Å². The van der Waals surface area contributed by atoms with E-state index in [1.54, 1.807) is 0 Å². The van der Waals surface area contributed by atoms with E-state index in [-0.39, 0.29) is 0 Å². The predicted molar refractivity (Wildman–Crippen MR) is 62.3 cm³/mol. The first-order chi connectivity index (χ1) is 6.79. The molecule has 1 saturated heterocycles. The Morgan fingerprint density at radius 2 is 2.14 bits per heavy atom. The molecule has 1 heterocycles. The van der Waals surface area contributed by atoms with Crippen molar-refractivity contribution >= 4 is 17.2 Å². The Bertz CT molecular complexity index is 323. The van der Waals surface area contributed by atoms with Gasteiger partial charge in [-0.2, -0.15) is 0 Å². The zero-order chi connectivity index (χ0) is 9.97. The van der Waals surface area contributed by atoms with Crippen LogP contribution in [0.3, 0.4) is 0 Å². The molecule has 0 radical (unpaired) electrons. The van der Waals surface area contributed by atoms with E-state index in [9.17, 15) is 0 Å². The van der Waals surface area contributed by atoms with Crippen molar-refractivity contribution in [1.29, 1.82) is 0 Å². The quantitative estimate of drug-likeness (QED) is 0.703. The second-order valence-corrected chi connectivity index (χ2v) is 3.88. The molecule has 0 aromatic heterocycles. The highest BCUT2D eigenvalue weighted by Crippen LogP contribution is 2.11. The summed E-state index contributed by atoms with van der Waals surface area (Å²) in [5.41, 5.74) is 1.14. The molecule has 74 valence electrons. The minimum Gasteiger partial charge on any atom is -0.346 e. The number of hydrogen-bond acceptors (Lipinski definition) is 2. The van der Waals surface area contributed by atoms with Crippen molar-refractivity contribution in [3.8, 4) is 0 Å². The molecule has 0 saturated carbocycles. The zero-order valence-corrected chi connectivity index (χ0v) is 9.05. The molecular weight excluding hydrogens is 192 g/mol. The Labute approximate surface area is 89.9 Å². The number of benzene rings is 1. The monoisotopic (exact) mass is 206 g/mol. The molecule has 1 atom stereocenters. The predicted octanol–water partition coefficient (Wildman–Crippen LogP) is 1.61. The van der Waals surface area contributed by atoms with Gasteiger partial charge in [0.2, 0.25) is 0 Å². The molecule has 1 fully saturated rings. The van der Waals surface area contributed by atoms with Crippen LogP contribution in [0.15, 0.2) is 30.3 Å². The summed E-state index contributed by atoms with van der Waals surface area (Å²) in [5.74, 6) is 0. The number of nitrogens with zero attached hydrogens (tertiary/aromatic N) is 1. The molecule has 3 heteroatoms. The van der Waals surface area contributed by atoms with Crippen LogP contribution >= 0.6 is 12.2 Å².